The van der Waals surface area contributed by atoms with E-state index < -0.39 is 0 Å². The monoisotopic (exact) mass is 252 g/mol. The van der Waals surface area contributed by atoms with Gasteiger partial charge in [0.2, 0.25) is 11.8 Å². The van der Waals surface area contributed by atoms with Gasteiger partial charge in [0.1, 0.15) is 5.82 Å². The number of hydrogen-bond donors (Lipinski definition) is 2. The van der Waals surface area contributed by atoms with E-state index in [2.05, 4.69) is 22.2 Å². The van der Waals surface area contributed by atoms with Gasteiger partial charge in [-0.2, -0.15) is 9.97 Å². The predicted octanol–water partition coefficient (Wildman–Crippen LogP) is 1.29. The van der Waals surface area contributed by atoms with Crippen molar-refractivity contribution in [3.8, 4) is 5.88 Å². The van der Waals surface area contributed by atoms with Crippen LogP contribution in [-0.2, 0) is 4.74 Å². The average Bonchev–Trinajstić information content (AvgIpc) is 2.39. The van der Waals surface area contributed by atoms with Gasteiger partial charge < -0.3 is 20.5 Å². The SMILES string of the molecule is COc1cc(NC(C)C2CCOCC2)nc(N)n1. The second-order valence-electron chi connectivity index (χ2n) is 4.54. The number of nitrogens with one attached hydrogen (secondary N) is 1. The largest absolute Gasteiger partial charge is 0.481 e. The lowest BCUT2D eigenvalue weighted by molar-refractivity contribution is 0.0622. The van der Waals surface area contributed by atoms with Crippen LogP contribution in [-0.4, -0.2) is 36.3 Å². The molecule has 1 aliphatic heterocycles. The summed E-state index contributed by atoms with van der Waals surface area (Å²) in [4.78, 5) is 8.12. The highest BCUT2D eigenvalue weighted by atomic mass is 16.5. The summed E-state index contributed by atoms with van der Waals surface area (Å²) in [6.45, 7) is 3.83. The summed E-state index contributed by atoms with van der Waals surface area (Å²) < 4.78 is 10.4. The molecule has 1 atom stereocenters. The number of hydrogen-bond acceptors (Lipinski definition) is 6. The third kappa shape index (κ3) is 3.22. The molecule has 0 bridgehead atoms. The number of methoxy groups -OCH3 is 1. The second-order valence-corrected chi connectivity index (χ2v) is 4.54. The number of nitrogens with zero attached hydrogens (tertiary/aromatic N) is 2. The molecule has 3 N–H and O–H groups in total. The van der Waals surface area contributed by atoms with Crippen LogP contribution in [0, 0.1) is 5.92 Å². The fourth-order valence-corrected chi connectivity index (χ4v) is 2.19. The highest BCUT2D eigenvalue weighted by Gasteiger charge is 2.20. The Bertz CT molecular complexity index is 394. The van der Waals surface area contributed by atoms with Crippen LogP contribution in [0.1, 0.15) is 19.8 Å². The molecule has 1 fully saturated rings. The number of aromatic nitrogens is 2. The molecule has 0 aliphatic carbocycles. The Morgan fingerprint density at radius 1 is 1.44 bits per heavy atom. The second kappa shape index (κ2) is 5.86. The molecule has 0 saturated carbocycles. The Kier molecular flexibility index (Phi) is 4.19. The number of anilines is 2. The van der Waals surface area contributed by atoms with E-state index in [1.165, 1.54) is 0 Å². The molecule has 1 saturated heterocycles. The van der Waals surface area contributed by atoms with Gasteiger partial charge >= 0.3 is 0 Å². The van der Waals surface area contributed by atoms with Gasteiger partial charge in [-0.1, -0.05) is 0 Å². The quantitative estimate of drug-likeness (QED) is 0.840. The standard InChI is InChI=1S/C12H20N4O2/c1-8(9-3-5-18-6-4-9)14-10-7-11(17-2)16-12(13)15-10/h7-9H,3-6H2,1-2H3,(H3,13,14,15,16). The third-order valence-corrected chi connectivity index (χ3v) is 3.28. The van der Waals surface area contributed by atoms with Crippen LogP contribution in [0.2, 0.25) is 0 Å². The van der Waals surface area contributed by atoms with Gasteiger partial charge in [0.25, 0.3) is 0 Å². The first-order chi connectivity index (χ1) is 8.69. The zero-order valence-electron chi connectivity index (χ0n) is 10.8. The molecule has 2 heterocycles. The summed E-state index contributed by atoms with van der Waals surface area (Å²) in [5, 5.41) is 3.36. The molecule has 1 aromatic heterocycles. The highest BCUT2D eigenvalue weighted by molar-refractivity contribution is 5.43. The zero-order valence-corrected chi connectivity index (χ0v) is 10.8. The van der Waals surface area contributed by atoms with Gasteiger partial charge in [-0.25, -0.2) is 0 Å². The van der Waals surface area contributed by atoms with Crippen molar-refractivity contribution in [3.05, 3.63) is 6.07 Å². The topological polar surface area (TPSA) is 82.3 Å². The molecule has 1 unspecified atom stereocenters. The van der Waals surface area contributed by atoms with E-state index >= 15 is 0 Å². The Morgan fingerprint density at radius 3 is 2.83 bits per heavy atom. The van der Waals surface area contributed by atoms with Crippen molar-refractivity contribution in [3.63, 3.8) is 0 Å². The lowest BCUT2D eigenvalue weighted by Crippen LogP contribution is -2.31. The minimum atomic E-state index is 0.219. The van der Waals surface area contributed by atoms with Gasteiger partial charge in [0.05, 0.1) is 7.11 Å². The maximum atomic E-state index is 5.63. The van der Waals surface area contributed by atoms with E-state index in [9.17, 15) is 0 Å². The van der Waals surface area contributed by atoms with E-state index in [0.29, 0.717) is 23.7 Å². The molecule has 0 radical (unpaired) electrons. The lowest BCUT2D eigenvalue weighted by Gasteiger charge is -2.28. The number of nitrogen functional groups attached to an aromatic ring is 1. The molecule has 100 valence electrons. The van der Waals surface area contributed by atoms with E-state index in [1.807, 2.05) is 0 Å². The minimum absolute atomic E-state index is 0.219. The van der Waals surface area contributed by atoms with Crippen LogP contribution in [0.5, 0.6) is 5.88 Å². The average molecular weight is 252 g/mol. The lowest BCUT2D eigenvalue weighted by atomic mass is 9.93. The number of nitrogens with two attached hydrogens (primary N) is 1. The fraction of sp³-hybridized carbons (Fsp3) is 0.667. The number of rotatable bonds is 4. The summed E-state index contributed by atoms with van der Waals surface area (Å²) in [5.41, 5.74) is 5.63. The Morgan fingerprint density at radius 2 is 2.17 bits per heavy atom. The van der Waals surface area contributed by atoms with Crippen molar-refractivity contribution in [2.75, 3.05) is 31.4 Å². The number of ether oxygens (including phenoxy) is 2. The van der Waals surface area contributed by atoms with Gasteiger partial charge in [0.15, 0.2) is 0 Å². The van der Waals surface area contributed by atoms with Crippen LogP contribution in [0.15, 0.2) is 6.07 Å². The van der Waals surface area contributed by atoms with Gasteiger partial charge in [-0.15, -0.1) is 0 Å². The normalized spacial score (nSPS) is 18.3. The Hall–Kier alpha value is -1.56. The predicted molar refractivity (Wildman–Crippen MR) is 69.6 cm³/mol. The smallest absolute Gasteiger partial charge is 0.225 e. The van der Waals surface area contributed by atoms with Gasteiger partial charge in [-0.3, -0.25) is 0 Å². The summed E-state index contributed by atoms with van der Waals surface area (Å²) in [5.74, 6) is 2.00. The molecule has 1 aromatic rings. The highest BCUT2D eigenvalue weighted by Crippen LogP contribution is 2.22. The van der Waals surface area contributed by atoms with Crippen LogP contribution in [0.3, 0.4) is 0 Å². The summed E-state index contributed by atoms with van der Waals surface area (Å²) in [6, 6.07) is 2.08. The van der Waals surface area contributed by atoms with Crippen LogP contribution in [0.4, 0.5) is 11.8 Å². The van der Waals surface area contributed by atoms with Crippen LogP contribution in [0.25, 0.3) is 0 Å². The van der Waals surface area contributed by atoms with Crippen LogP contribution >= 0.6 is 0 Å². The zero-order chi connectivity index (χ0) is 13.0. The molecular weight excluding hydrogens is 232 g/mol. The van der Waals surface area contributed by atoms with Crippen molar-refractivity contribution >= 4 is 11.8 Å². The van der Waals surface area contributed by atoms with Crippen molar-refractivity contribution in [1.29, 1.82) is 0 Å². The third-order valence-electron chi connectivity index (χ3n) is 3.28. The Labute approximate surface area is 107 Å². The first kappa shape index (κ1) is 12.9. The van der Waals surface area contributed by atoms with Gasteiger partial charge in [-0.05, 0) is 25.7 Å². The fourth-order valence-electron chi connectivity index (χ4n) is 2.19. The van der Waals surface area contributed by atoms with E-state index in [0.717, 1.165) is 26.1 Å². The van der Waals surface area contributed by atoms with Crippen LogP contribution < -0.4 is 15.8 Å². The van der Waals surface area contributed by atoms with Crippen molar-refractivity contribution in [1.82, 2.24) is 9.97 Å². The van der Waals surface area contributed by atoms with Gasteiger partial charge in [0, 0.05) is 25.3 Å². The van der Waals surface area contributed by atoms with Crippen molar-refractivity contribution in [2.45, 2.75) is 25.8 Å². The molecule has 6 nitrogen and oxygen atoms in total. The first-order valence-electron chi connectivity index (χ1n) is 6.22. The van der Waals surface area contributed by atoms with E-state index in [4.69, 9.17) is 15.2 Å². The minimum Gasteiger partial charge on any atom is -0.481 e. The Balaban J connectivity index is 2.01. The first-order valence-corrected chi connectivity index (χ1v) is 6.22. The van der Waals surface area contributed by atoms with Crippen molar-refractivity contribution < 1.29 is 9.47 Å². The molecule has 0 spiro atoms. The summed E-state index contributed by atoms with van der Waals surface area (Å²) in [6.07, 6.45) is 2.15. The molecule has 1 aliphatic rings. The molecule has 2 rings (SSSR count). The van der Waals surface area contributed by atoms with Crippen molar-refractivity contribution in [2.24, 2.45) is 5.92 Å². The summed E-state index contributed by atoms with van der Waals surface area (Å²) >= 11 is 0. The molecule has 6 heteroatoms. The van der Waals surface area contributed by atoms with E-state index in [1.54, 1.807) is 13.2 Å². The summed E-state index contributed by atoms with van der Waals surface area (Å²) in [7, 11) is 1.56. The maximum absolute atomic E-state index is 5.63. The maximum Gasteiger partial charge on any atom is 0.225 e. The molecular formula is C12H20N4O2. The van der Waals surface area contributed by atoms with E-state index in [-0.39, 0.29) is 5.95 Å². The molecule has 18 heavy (non-hydrogen) atoms. The molecule has 0 aromatic carbocycles. The molecule has 0 amide bonds.